The molecule has 22 heavy (non-hydrogen) atoms. The van der Waals surface area contributed by atoms with Gasteiger partial charge in [-0.1, -0.05) is 12.1 Å². The number of amides is 2. The van der Waals surface area contributed by atoms with E-state index in [1.165, 1.54) is 22.3 Å². The van der Waals surface area contributed by atoms with Gasteiger partial charge in [-0.15, -0.1) is 11.3 Å². The van der Waals surface area contributed by atoms with E-state index in [0.717, 1.165) is 5.56 Å². The van der Waals surface area contributed by atoms with Crippen molar-refractivity contribution in [2.75, 3.05) is 11.4 Å². The minimum Gasteiger partial charge on any atom is -0.339 e. The van der Waals surface area contributed by atoms with E-state index in [9.17, 15) is 14.0 Å². The van der Waals surface area contributed by atoms with Gasteiger partial charge in [0.25, 0.3) is 5.91 Å². The van der Waals surface area contributed by atoms with Crippen LogP contribution in [0.3, 0.4) is 0 Å². The Morgan fingerprint density at radius 1 is 1.36 bits per heavy atom. The van der Waals surface area contributed by atoms with Gasteiger partial charge < -0.3 is 10.2 Å². The highest BCUT2D eigenvalue weighted by Gasteiger charge is 2.35. The van der Waals surface area contributed by atoms with Crippen molar-refractivity contribution in [3.05, 3.63) is 52.0 Å². The maximum Gasteiger partial charge on any atom is 0.262 e. The second kappa shape index (κ2) is 5.88. The third kappa shape index (κ3) is 2.62. The summed E-state index contributed by atoms with van der Waals surface area (Å²) in [6, 6.07) is 7.42. The molecule has 0 radical (unpaired) electrons. The van der Waals surface area contributed by atoms with E-state index < -0.39 is 11.9 Å². The molecule has 1 N–H and O–H groups in total. The summed E-state index contributed by atoms with van der Waals surface area (Å²) in [5.41, 5.74) is 1.15. The second-order valence-electron chi connectivity index (χ2n) is 5.19. The smallest absolute Gasteiger partial charge is 0.262 e. The van der Waals surface area contributed by atoms with Crippen LogP contribution in [0.2, 0.25) is 0 Å². The first-order chi connectivity index (χ1) is 10.6. The lowest BCUT2D eigenvalue weighted by molar-refractivity contribution is -0.118. The van der Waals surface area contributed by atoms with Crippen LogP contribution in [0.25, 0.3) is 0 Å². The summed E-state index contributed by atoms with van der Waals surface area (Å²) in [5, 5.41) is 4.59. The zero-order valence-corrected chi connectivity index (χ0v) is 12.8. The number of halogens is 1. The number of para-hydroxylation sites is 1. The highest BCUT2D eigenvalue weighted by atomic mass is 32.1. The van der Waals surface area contributed by atoms with Crippen LogP contribution < -0.4 is 10.2 Å². The average molecular weight is 318 g/mol. The molecule has 4 nitrogen and oxygen atoms in total. The third-order valence-corrected chi connectivity index (χ3v) is 4.74. The molecule has 0 bridgehead atoms. The Labute approximate surface area is 131 Å². The number of aryl methyl sites for hydroxylation is 1. The molecular formula is C16H15FN2O2S. The van der Waals surface area contributed by atoms with E-state index >= 15 is 0 Å². The normalized spacial score (nSPS) is 17.8. The molecule has 0 unspecified atom stereocenters. The van der Waals surface area contributed by atoms with Gasteiger partial charge in [0, 0.05) is 6.54 Å². The summed E-state index contributed by atoms with van der Waals surface area (Å²) in [4.78, 5) is 26.6. The molecule has 0 saturated carbocycles. The van der Waals surface area contributed by atoms with Crippen LogP contribution in [0.1, 0.15) is 21.7 Å². The number of benzene rings is 1. The molecule has 1 saturated heterocycles. The van der Waals surface area contributed by atoms with Gasteiger partial charge in [-0.25, -0.2) is 4.39 Å². The fraction of sp³-hybridized carbons (Fsp3) is 0.250. The van der Waals surface area contributed by atoms with Crippen LogP contribution in [0.5, 0.6) is 0 Å². The zero-order chi connectivity index (χ0) is 15.7. The van der Waals surface area contributed by atoms with Crippen molar-refractivity contribution in [1.82, 2.24) is 5.32 Å². The minimum atomic E-state index is -0.603. The molecule has 2 amide bonds. The molecule has 2 aromatic rings. The third-order valence-electron chi connectivity index (χ3n) is 3.72. The van der Waals surface area contributed by atoms with Gasteiger partial charge in [-0.3, -0.25) is 9.59 Å². The topological polar surface area (TPSA) is 49.4 Å². The minimum absolute atomic E-state index is 0.249. The van der Waals surface area contributed by atoms with Crippen molar-refractivity contribution in [3.63, 3.8) is 0 Å². The Morgan fingerprint density at radius 3 is 2.82 bits per heavy atom. The first-order valence-electron chi connectivity index (χ1n) is 6.99. The van der Waals surface area contributed by atoms with Gasteiger partial charge >= 0.3 is 0 Å². The Hall–Kier alpha value is -2.21. The fourth-order valence-corrected chi connectivity index (χ4v) is 3.38. The lowest BCUT2D eigenvalue weighted by Crippen LogP contribution is -2.41. The van der Waals surface area contributed by atoms with Crippen LogP contribution in [-0.4, -0.2) is 24.4 Å². The number of nitrogens with one attached hydrogen (secondary N) is 1. The predicted molar refractivity (Wildman–Crippen MR) is 83.7 cm³/mol. The molecule has 0 aliphatic carbocycles. The average Bonchev–Trinajstić information content (AvgIpc) is 3.07. The zero-order valence-electron chi connectivity index (χ0n) is 12.0. The van der Waals surface area contributed by atoms with Crippen molar-refractivity contribution in [3.8, 4) is 0 Å². The van der Waals surface area contributed by atoms with Crippen molar-refractivity contribution in [1.29, 1.82) is 0 Å². The first kappa shape index (κ1) is 14.7. The standard InChI is InChI=1S/C16H15FN2O2S/c1-10-7-9-22-14(10)15(20)18-12-6-8-19(16(12)21)13-5-3-2-4-11(13)17/h2-5,7,9,12H,6,8H2,1H3,(H,18,20)/t12-/m0/s1. The van der Waals surface area contributed by atoms with Crippen molar-refractivity contribution in [2.24, 2.45) is 0 Å². The predicted octanol–water partition coefficient (Wildman–Crippen LogP) is 2.73. The molecule has 1 aromatic carbocycles. The summed E-state index contributed by atoms with van der Waals surface area (Å²) in [5.74, 6) is -0.953. The lowest BCUT2D eigenvalue weighted by Gasteiger charge is -2.17. The van der Waals surface area contributed by atoms with Gasteiger partial charge in [0.15, 0.2) is 0 Å². The molecule has 2 heterocycles. The van der Waals surface area contributed by atoms with E-state index in [0.29, 0.717) is 17.8 Å². The Bertz CT molecular complexity index is 728. The monoisotopic (exact) mass is 318 g/mol. The Morgan fingerprint density at radius 2 is 2.14 bits per heavy atom. The first-order valence-corrected chi connectivity index (χ1v) is 7.87. The molecule has 6 heteroatoms. The molecule has 0 spiro atoms. The fourth-order valence-electron chi connectivity index (χ4n) is 2.55. The van der Waals surface area contributed by atoms with Gasteiger partial charge in [-0.2, -0.15) is 0 Å². The Kier molecular flexibility index (Phi) is 3.94. The number of anilines is 1. The van der Waals surface area contributed by atoms with Gasteiger partial charge in [-0.05, 0) is 42.5 Å². The summed E-state index contributed by atoms with van der Waals surface area (Å²) < 4.78 is 13.8. The van der Waals surface area contributed by atoms with E-state index in [1.54, 1.807) is 18.2 Å². The largest absolute Gasteiger partial charge is 0.339 e. The summed E-state index contributed by atoms with van der Waals surface area (Å²) in [6.45, 7) is 2.25. The highest BCUT2D eigenvalue weighted by molar-refractivity contribution is 7.12. The maximum atomic E-state index is 13.8. The van der Waals surface area contributed by atoms with Crippen molar-refractivity contribution < 1.29 is 14.0 Å². The van der Waals surface area contributed by atoms with Crippen LogP contribution in [0.15, 0.2) is 35.7 Å². The molecule has 1 atom stereocenters. The lowest BCUT2D eigenvalue weighted by atomic mass is 10.2. The number of hydrogen-bond donors (Lipinski definition) is 1. The molecule has 1 fully saturated rings. The SMILES string of the molecule is Cc1ccsc1C(=O)N[C@H]1CCN(c2ccccc2F)C1=O. The molecule has 1 aliphatic heterocycles. The second-order valence-corrected chi connectivity index (χ2v) is 6.10. The number of nitrogens with zero attached hydrogens (tertiary/aromatic N) is 1. The molecule has 1 aromatic heterocycles. The van der Waals surface area contributed by atoms with Crippen LogP contribution in [0.4, 0.5) is 10.1 Å². The highest BCUT2D eigenvalue weighted by Crippen LogP contribution is 2.25. The van der Waals surface area contributed by atoms with E-state index in [-0.39, 0.29) is 17.5 Å². The van der Waals surface area contributed by atoms with Gasteiger partial charge in [0.05, 0.1) is 10.6 Å². The van der Waals surface area contributed by atoms with Crippen LogP contribution >= 0.6 is 11.3 Å². The maximum absolute atomic E-state index is 13.8. The van der Waals surface area contributed by atoms with E-state index in [2.05, 4.69) is 5.32 Å². The quantitative estimate of drug-likeness (QED) is 0.946. The summed E-state index contributed by atoms with van der Waals surface area (Å²) in [6.07, 6.45) is 0.476. The molecule has 1 aliphatic rings. The van der Waals surface area contributed by atoms with Crippen LogP contribution in [0, 0.1) is 12.7 Å². The summed E-state index contributed by atoms with van der Waals surface area (Å²) in [7, 11) is 0. The van der Waals surface area contributed by atoms with Crippen molar-refractivity contribution in [2.45, 2.75) is 19.4 Å². The number of carbonyl (C=O) groups is 2. The van der Waals surface area contributed by atoms with E-state index in [1.807, 2.05) is 18.4 Å². The number of hydrogen-bond acceptors (Lipinski definition) is 3. The molecule has 114 valence electrons. The van der Waals surface area contributed by atoms with Crippen LogP contribution in [-0.2, 0) is 4.79 Å². The number of carbonyl (C=O) groups excluding carboxylic acids is 2. The van der Waals surface area contributed by atoms with Gasteiger partial charge in [0.2, 0.25) is 5.91 Å². The number of thiophene rings is 1. The Balaban J connectivity index is 1.73. The van der Waals surface area contributed by atoms with E-state index in [4.69, 9.17) is 0 Å². The molecular weight excluding hydrogens is 303 g/mol. The summed E-state index contributed by atoms with van der Waals surface area (Å²) >= 11 is 1.34. The number of rotatable bonds is 3. The molecule has 3 rings (SSSR count). The van der Waals surface area contributed by atoms with Gasteiger partial charge in [0.1, 0.15) is 11.9 Å². The van der Waals surface area contributed by atoms with Crippen molar-refractivity contribution >= 4 is 28.8 Å².